The topological polar surface area (TPSA) is 18.5 Å². The summed E-state index contributed by atoms with van der Waals surface area (Å²) in [7, 11) is 6.22. The van der Waals surface area contributed by atoms with E-state index in [4.69, 9.17) is 15.5 Å². The van der Waals surface area contributed by atoms with Crippen molar-refractivity contribution >= 4 is 51.6 Å². The summed E-state index contributed by atoms with van der Waals surface area (Å²) in [6.07, 6.45) is 5.40. The van der Waals surface area contributed by atoms with Crippen LogP contribution in [0.4, 0.5) is 0 Å². The molecule has 19 heavy (non-hydrogen) atoms. The fraction of sp³-hybridized carbons (Fsp3) is 0.833. The second-order valence-corrected chi connectivity index (χ2v) is 11.4. The Bertz CT molecular complexity index is 228. The highest BCUT2D eigenvalue weighted by atomic mass is 33.1. The fourth-order valence-corrected chi connectivity index (χ4v) is 5.43. The Hall–Kier alpha value is 1.31. The van der Waals surface area contributed by atoms with Crippen molar-refractivity contribution in [1.82, 2.24) is 0 Å². The molecule has 0 saturated carbocycles. The summed E-state index contributed by atoms with van der Waals surface area (Å²) < 4.78 is 11.1. The maximum Gasteiger partial charge on any atom is 0.256 e. The zero-order valence-electron chi connectivity index (χ0n) is 12.0. The van der Waals surface area contributed by atoms with Crippen LogP contribution in [0, 0.1) is 12.1 Å². The molecule has 0 heterocycles. The molecular formula is C12H23O2PS4. The van der Waals surface area contributed by atoms with Gasteiger partial charge in [-0.25, -0.2) is 0 Å². The third kappa shape index (κ3) is 15.5. The maximum atomic E-state index is 5.56. The minimum absolute atomic E-state index is 0.644. The molecule has 0 saturated heterocycles. The molecule has 7 heteroatoms. The third-order valence-electron chi connectivity index (χ3n) is 1.38. The zero-order valence-corrected chi connectivity index (χ0v) is 16.1. The van der Waals surface area contributed by atoms with Gasteiger partial charge in [-0.05, 0) is 5.66 Å². The van der Waals surface area contributed by atoms with Crippen LogP contribution < -0.4 is 0 Å². The van der Waals surface area contributed by atoms with E-state index < -0.39 is 8.38 Å². The normalized spacial score (nSPS) is 11.5. The number of rotatable bonds is 12. The van der Waals surface area contributed by atoms with Crippen LogP contribution in [0.2, 0.25) is 0 Å². The Labute approximate surface area is 135 Å². The molecule has 0 atom stereocenters. The van der Waals surface area contributed by atoms with Gasteiger partial charge in [-0.2, -0.15) is 0 Å². The number of hydrogen-bond acceptors (Lipinski definition) is 6. The first-order valence-corrected chi connectivity index (χ1v) is 12.1. The van der Waals surface area contributed by atoms with E-state index >= 15 is 0 Å². The molecule has 0 rings (SSSR count). The predicted molar refractivity (Wildman–Crippen MR) is 98.0 cm³/mol. The molecule has 0 spiro atoms. The lowest BCUT2D eigenvalue weighted by atomic mass is 10.6. The molecule has 0 aliphatic carbocycles. The van der Waals surface area contributed by atoms with E-state index in [2.05, 4.69) is 33.4 Å². The zero-order chi connectivity index (χ0) is 14.5. The Morgan fingerprint density at radius 3 is 1.68 bits per heavy atom. The first-order valence-electron chi connectivity index (χ1n) is 6.15. The van der Waals surface area contributed by atoms with Crippen molar-refractivity contribution in [2.24, 2.45) is 0 Å². The summed E-state index contributed by atoms with van der Waals surface area (Å²) in [4.78, 5) is 0. The second kappa shape index (κ2) is 14.3. The van der Waals surface area contributed by atoms with Gasteiger partial charge in [0.15, 0.2) is 0 Å². The molecule has 2 nitrogen and oxygen atoms in total. The van der Waals surface area contributed by atoms with Gasteiger partial charge in [0.05, 0.1) is 13.2 Å². The fourth-order valence-electron chi connectivity index (χ4n) is 0.789. The molecule has 0 aromatic rings. The van der Waals surface area contributed by atoms with Crippen molar-refractivity contribution in [1.29, 1.82) is 0 Å². The highest BCUT2D eigenvalue weighted by Gasteiger charge is 2.07. The molecular weight excluding hydrogens is 335 g/mol. The summed E-state index contributed by atoms with van der Waals surface area (Å²) in [6, 6.07) is 0. The summed E-state index contributed by atoms with van der Waals surface area (Å²) >= 11 is 0. The average molecular weight is 359 g/mol. The van der Waals surface area contributed by atoms with E-state index in [0.29, 0.717) is 23.7 Å². The predicted octanol–water partition coefficient (Wildman–Crippen LogP) is 5.50. The van der Waals surface area contributed by atoms with Crippen molar-refractivity contribution in [2.45, 2.75) is 38.2 Å². The molecule has 0 amide bonds. The van der Waals surface area contributed by atoms with E-state index in [9.17, 15) is 0 Å². The highest BCUT2D eigenvalue weighted by Crippen LogP contribution is 2.38. The highest BCUT2D eigenvalue weighted by molar-refractivity contribution is 8.77. The van der Waals surface area contributed by atoms with E-state index in [-0.39, 0.29) is 0 Å². The van der Waals surface area contributed by atoms with Crippen molar-refractivity contribution < 1.29 is 9.05 Å². The Morgan fingerprint density at radius 2 is 1.37 bits per heavy atom. The molecule has 0 fully saturated rings. The number of terminal acetylenes is 1. The molecule has 0 unspecified atom stereocenters. The Morgan fingerprint density at radius 1 is 0.947 bits per heavy atom. The standard InChI is InChI=1S/C12H23O2PS4/c1-6-15(13-7-9-16-18-11(2)3)14-8-10-17-19-12(4)5/h1,11-12H,7-10H2,2-5H3. The van der Waals surface area contributed by atoms with Crippen LogP contribution in [0.3, 0.4) is 0 Å². The van der Waals surface area contributed by atoms with Crippen molar-refractivity contribution in [3.63, 3.8) is 0 Å². The van der Waals surface area contributed by atoms with Crippen molar-refractivity contribution in [3.05, 3.63) is 0 Å². The molecule has 0 radical (unpaired) electrons. The molecule has 0 bridgehead atoms. The first kappa shape index (κ1) is 20.3. The molecule has 0 aromatic heterocycles. The summed E-state index contributed by atoms with van der Waals surface area (Å²) in [5.74, 6) is 1.90. The van der Waals surface area contributed by atoms with Crippen LogP contribution in [0.25, 0.3) is 0 Å². The monoisotopic (exact) mass is 358 g/mol. The number of hydrogen-bond donors (Lipinski definition) is 0. The van der Waals surface area contributed by atoms with Gasteiger partial charge in [-0.15, -0.1) is 6.42 Å². The van der Waals surface area contributed by atoms with Gasteiger partial charge < -0.3 is 9.05 Å². The van der Waals surface area contributed by atoms with Gasteiger partial charge in [-0.1, -0.05) is 70.9 Å². The van der Waals surface area contributed by atoms with Gasteiger partial charge in [0, 0.05) is 22.0 Å². The second-order valence-electron chi connectivity index (χ2n) is 3.99. The van der Waals surface area contributed by atoms with Crippen molar-refractivity contribution in [2.75, 3.05) is 24.7 Å². The molecule has 112 valence electrons. The summed E-state index contributed by atoms with van der Waals surface area (Å²) in [5.41, 5.74) is 2.59. The lowest BCUT2D eigenvalue weighted by Crippen LogP contribution is -1.97. The smallest absolute Gasteiger partial charge is 0.256 e. The van der Waals surface area contributed by atoms with Gasteiger partial charge in [-0.3, -0.25) is 0 Å². The van der Waals surface area contributed by atoms with E-state index in [1.54, 1.807) is 0 Å². The minimum atomic E-state index is -1.14. The Balaban J connectivity index is 3.43. The van der Waals surface area contributed by atoms with Gasteiger partial charge in [0.1, 0.15) is 0 Å². The van der Waals surface area contributed by atoms with Crippen LogP contribution in [0.5, 0.6) is 0 Å². The van der Waals surface area contributed by atoms with E-state index in [1.165, 1.54) is 0 Å². The minimum Gasteiger partial charge on any atom is -0.324 e. The summed E-state index contributed by atoms with van der Waals surface area (Å²) in [5, 5.41) is 1.29. The molecule has 0 N–H and O–H groups in total. The van der Waals surface area contributed by atoms with E-state index in [1.807, 2.05) is 43.2 Å². The lowest BCUT2D eigenvalue weighted by molar-refractivity contribution is 0.282. The van der Waals surface area contributed by atoms with E-state index in [0.717, 1.165) is 11.5 Å². The lowest BCUT2D eigenvalue weighted by Gasteiger charge is -2.11. The SMILES string of the molecule is C#CP(OCCSSC(C)C)OCCSSC(C)C. The van der Waals surface area contributed by atoms with Crippen LogP contribution in [-0.4, -0.2) is 35.2 Å². The summed E-state index contributed by atoms with van der Waals surface area (Å²) in [6.45, 7) is 10.1. The third-order valence-corrected chi connectivity index (χ3v) is 8.26. The van der Waals surface area contributed by atoms with Gasteiger partial charge in [0.2, 0.25) is 0 Å². The maximum absolute atomic E-state index is 5.56. The molecule has 0 aliphatic rings. The Kier molecular flexibility index (Phi) is 15.2. The quantitative estimate of drug-likeness (QED) is 0.197. The van der Waals surface area contributed by atoms with Crippen LogP contribution >= 0.6 is 51.6 Å². The average Bonchev–Trinajstić information content (AvgIpc) is 2.34. The largest absolute Gasteiger partial charge is 0.324 e. The van der Waals surface area contributed by atoms with Crippen LogP contribution in [0.15, 0.2) is 0 Å². The van der Waals surface area contributed by atoms with Crippen molar-refractivity contribution in [3.8, 4) is 12.1 Å². The van der Waals surface area contributed by atoms with Gasteiger partial charge in [0.25, 0.3) is 8.38 Å². The van der Waals surface area contributed by atoms with Crippen LogP contribution in [-0.2, 0) is 9.05 Å². The first-order chi connectivity index (χ1) is 9.06. The van der Waals surface area contributed by atoms with Crippen LogP contribution in [0.1, 0.15) is 27.7 Å². The van der Waals surface area contributed by atoms with Gasteiger partial charge >= 0.3 is 0 Å². The molecule has 0 aliphatic heterocycles. The molecule has 0 aromatic carbocycles.